The van der Waals surface area contributed by atoms with Gasteiger partial charge in [0.05, 0.1) is 18.2 Å². The molecule has 0 radical (unpaired) electrons. The molecule has 22 heavy (non-hydrogen) atoms. The first-order valence-electron chi connectivity index (χ1n) is 8.04. The Morgan fingerprint density at radius 1 is 1.41 bits per heavy atom. The Kier molecular flexibility index (Phi) is 4.77. The number of nitrogens with one attached hydrogen (secondary N) is 2. The Morgan fingerprint density at radius 3 is 3.05 bits per heavy atom. The number of aryl methyl sites for hydroxylation is 1. The maximum absolute atomic E-state index is 12.1. The SMILES string of the molecule is Cn1cncc1C1CC(NC(=O)NC2C=CCCC2)CCO1. The van der Waals surface area contributed by atoms with Crippen LogP contribution in [0, 0.1) is 0 Å². The van der Waals surface area contributed by atoms with Crippen LogP contribution < -0.4 is 10.6 Å². The zero-order chi connectivity index (χ0) is 15.4. The molecule has 120 valence electrons. The second-order valence-corrected chi connectivity index (χ2v) is 6.09. The van der Waals surface area contributed by atoms with Crippen molar-refractivity contribution in [2.45, 2.75) is 50.3 Å². The molecule has 2 amide bonds. The normalized spacial score (nSPS) is 28.3. The molecule has 0 spiro atoms. The fourth-order valence-electron chi connectivity index (χ4n) is 3.14. The summed E-state index contributed by atoms with van der Waals surface area (Å²) in [7, 11) is 1.96. The Labute approximate surface area is 130 Å². The molecule has 3 atom stereocenters. The second-order valence-electron chi connectivity index (χ2n) is 6.09. The highest BCUT2D eigenvalue weighted by Crippen LogP contribution is 2.27. The van der Waals surface area contributed by atoms with Crippen LogP contribution >= 0.6 is 0 Å². The fraction of sp³-hybridized carbons (Fsp3) is 0.625. The van der Waals surface area contributed by atoms with E-state index < -0.39 is 0 Å². The predicted octanol–water partition coefficient (Wildman–Crippen LogP) is 2.05. The van der Waals surface area contributed by atoms with Gasteiger partial charge in [0.1, 0.15) is 6.10 Å². The maximum atomic E-state index is 12.1. The van der Waals surface area contributed by atoms with Crippen molar-refractivity contribution in [1.82, 2.24) is 20.2 Å². The molecule has 1 aliphatic carbocycles. The quantitative estimate of drug-likeness (QED) is 0.840. The summed E-state index contributed by atoms with van der Waals surface area (Å²) >= 11 is 0. The van der Waals surface area contributed by atoms with Crippen molar-refractivity contribution >= 4 is 6.03 Å². The number of hydrogen-bond acceptors (Lipinski definition) is 3. The van der Waals surface area contributed by atoms with E-state index in [0.29, 0.717) is 6.61 Å². The number of aromatic nitrogens is 2. The van der Waals surface area contributed by atoms with Crippen molar-refractivity contribution in [3.8, 4) is 0 Å². The molecule has 0 saturated carbocycles. The fourth-order valence-corrected chi connectivity index (χ4v) is 3.14. The minimum Gasteiger partial charge on any atom is -0.372 e. The summed E-state index contributed by atoms with van der Waals surface area (Å²) in [6.45, 7) is 0.657. The highest BCUT2D eigenvalue weighted by molar-refractivity contribution is 5.74. The Bertz CT molecular complexity index is 540. The van der Waals surface area contributed by atoms with Gasteiger partial charge in [-0.25, -0.2) is 9.78 Å². The number of carbonyl (C=O) groups is 1. The van der Waals surface area contributed by atoms with Crippen LogP contribution in [0.4, 0.5) is 4.79 Å². The number of imidazole rings is 1. The van der Waals surface area contributed by atoms with Crippen LogP contribution in [-0.4, -0.2) is 34.3 Å². The van der Waals surface area contributed by atoms with Crippen LogP contribution in [-0.2, 0) is 11.8 Å². The number of rotatable bonds is 3. The van der Waals surface area contributed by atoms with Crippen LogP contribution in [0.5, 0.6) is 0 Å². The monoisotopic (exact) mass is 304 g/mol. The highest BCUT2D eigenvalue weighted by atomic mass is 16.5. The smallest absolute Gasteiger partial charge is 0.315 e. The van der Waals surface area contributed by atoms with Crippen molar-refractivity contribution in [2.24, 2.45) is 7.05 Å². The van der Waals surface area contributed by atoms with Crippen LogP contribution in [0.25, 0.3) is 0 Å². The van der Waals surface area contributed by atoms with Gasteiger partial charge in [-0.3, -0.25) is 0 Å². The van der Waals surface area contributed by atoms with E-state index in [4.69, 9.17) is 4.74 Å². The van der Waals surface area contributed by atoms with Crippen molar-refractivity contribution in [1.29, 1.82) is 0 Å². The van der Waals surface area contributed by atoms with E-state index in [0.717, 1.165) is 37.8 Å². The maximum Gasteiger partial charge on any atom is 0.315 e. The number of urea groups is 1. The van der Waals surface area contributed by atoms with Crippen LogP contribution in [0.3, 0.4) is 0 Å². The molecule has 1 fully saturated rings. The predicted molar refractivity (Wildman–Crippen MR) is 83.4 cm³/mol. The van der Waals surface area contributed by atoms with E-state index >= 15 is 0 Å². The topological polar surface area (TPSA) is 68.2 Å². The lowest BCUT2D eigenvalue weighted by Crippen LogP contribution is -2.48. The minimum atomic E-state index is -0.0767. The van der Waals surface area contributed by atoms with Crippen molar-refractivity contribution in [2.75, 3.05) is 6.61 Å². The largest absolute Gasteiger partial charge is 0.372 e. The molecule has 1 aliphatic heterocycles. The molecule has 0 bridgehead atoms. The number of amides is 2. The van der Waals surface area contributed by atoms with E-state index in [9.17, 15) is 4.79 Å². The third-order valence-corrected chi connectivity index (χ3v) is 4.37. The summed E-state index contributed by atoms with van der Waals surface area (Å²) in [5.74, 6) is 0. The van der Waals surface area contributed by atoms with E-state index in [2.05, 4.69) is 27.8 Å². The lowest BCUT2D eigenvalue weighted by molar-refractivity contribution is -0.00180. The first-order chi connectivity index (χ1) is 10.7. The Morgan fingerprint density at radius 2 is 2.32 bits per heavy atom. The van der Waals surface area contributed by atoms with Gasteiger partial charge in [0.25, 0.3) is 0 Å². The molecule has 6 heteroatoms. The summed E-state index contributed by atoms with van der Waals surface area (Å²) in [6.07, 6.45) is 12.8. The summed E-state index contributed by atoms with van der Waals surface area (Å²) < 4.78 is 7.79. The van der Waals surface area contributed by atoms with Crippen molar-refractivity contribution < 1.29 is 9.53 Å². The van der Waals surface area contributed by atoms with E-state index in [1.54, 1.807) is 6.33 Å². The standard InChI is InChI=1S/C16H24N4O2/c1-20-11-17-10-14(20)15-9-13(7-8-22-15)19-16(21)18-12-5-3-2-4-6-12/h3,5,10-13,15H,2,4,6-9H2,1H3,(H2,18,19,21). The molecule has 0 aromatic carbocycles. The zero-order valence-electron chi connectivity index (χ0n) is 13.0. The van der Waals surface area contributed by atoms with Crippen LogP contribution in [0.1, 0.15) is 43.9 Å². The summed E-state index contributed by atoms with van der Waals surface area (Å²) in [5.41, 5.74) is 1.06. The Balaban J connectivity index is 1.51. The lowest BCUT2D eigenvalue weighted by atomic mass is 10.0. The summed E-state index contributed by atoms with van der Waals surface area (Å²) in [5, 5.41) is 6.12. The lowest BCUT2D eigenvalue weighted by Gasteiger charge is -2.30. The van der Waals surface area contributed by atoms with E-state index in [-0.39, 0.29) is 24.2 Å². The first-order valence-corrected chi connectivity index (χ1v) is 8.04. The van der Waals surface area contributed by atoms with Gasteiger partial charge >= 0.3 is 6.03 Å². The third-order valence-electron chi connectivity index (χ3n) is 4.37. The molecule has 2 N–H and O–H groups in total. The van der Waals surface area contributed by atoms with Gasteiger partial charge in [-0.15, -0.1) is 0 Å². The van der Waals surface area contributed by atoms with Crippen LogP contribution in [0.15, 0.2) is 24.7 Å². The third kappa shape index (κ3) is 3.68. The average Bonchev–Trinajstić information content (AvgIpc) is 2.94. The molecule has 3 unspecified atom stereocenters. The van der Waals surface area contributed by atoms with Gasteiger partial charge in [0.2, 0.25) is 0 Å². The summed E-state index contributed by atoms with van der Waals surface area (Å²) in [4.78, 5) is 16.3. The molecule has 2 heterocycles. The van der Waals surface area contributed by atoms with E-state index in [1.165, 1.54) is 0 Å². The van der Waals surface area contributed by atoms with Gasteiger partial charge < -0.3 is 19.9 Å². The summed E-state index contributed by atoms with van der Waals surface area (Å²) in [6, 6.07) is 0.231. The molecule has 3 rings (SSSR count). The number of hydrogen-bond donors (Lipinski definition) is 2. The first kappa shape index (κ1) is 15.1. The molecular formula is C16H24N4O2. The molecular weight excluding hydrogens is 280 g/mol. The molecule has 1 aromatic rings. The number of allylic oxidation sites excluding steroid dienone is 1. The second kappa shape index (κ2) is 6.96. The zero-order valence-corrected chi connectivity index (χ0v) is 13.0. The van der Waals surface area contributed by atoms with Gasteiger partial charge in [0, 0.05) is 25.7 Å². The van der Waals surface area contributed by atoms with Gasteiger partial charge in [-0.05, 0) is 32.1 Å². The molecule has 6 nitrogen and oxygen atoms in total. The number of ether oxygens (including phenoxy) is 1. The Hall–Kier alpha value is -1.82. The van der Waals surface area contributed by atoms with Gasteiger partial charge in [0.15, 0.2) is 0 Å². The minimum absolute atomic E-state index is 0.00104. The highest BCUT2D eigenvalue weighted by Gasteiger charge is 2.27. The molecule has 1 saturated heterocycles. The molecule has 2 aliphatic rings. The number of carbonyl (C=O) groups excluding carboxylic acids is 1. The number of nitrogens with zero attached hydrogens (tertiary/aromatic N) is 2. The van der Waals surface area contributed by atoms with Crippen molar-refractivity contribution in [3.05, 3.63) is 30.4 Å². The average molecular weight is 304 g/mol. The van der Waals surface area contributed by atoms with Gasteiger partial charge in [-0.2, -0.15) is 0 Å². The van der Waals surface area contributed by atoms with E-state index in [1.807, 2.05) is 17.8 Å². The van der Waals surface area contributed by atoms with Crippen molar-refractivity contribution in [3.63, 3.8) is 0 Å². The molecule has 1 aromatic heterocycles. The van der Waals surface area contributed by atoms with Crippen LogP contribution in [0.2, 0.25) is 0 Å². The van der Waals surface area contributed by atoms with Gasteiger partial charge in [-0.1, -0.05) is 12.2 Å².